The van der Waals surface area contributed by atoms with Crippen molar-refractivity contribution in [3.8, 4) is 0 Å². The lowest BCUT2D eigenvalue weighted by Gasteiger charge is -2.10. The number of hydrogen-bond donors (Lipinski definition) is 0. The van der Waals surface area contributed by atoms with Crippen LogP contribution in [0.25, 0.3) is 0 Å². The number of carbonyl (C=O) groups is 1. The summed E-state index contributed by atoms with van der Waals surface area (Å²) in [6.45, 7) is 10.9. The Labute approximate surface area is 91.1 Å². The molecule has 2 heteroatoms. The Balaban J connectivity index is 0.000000500. The molecule has 0 aliphatic carbocycles. The molecule has 0 bridgehead atoms. The van der Waals surface area contributed by atoms with Gasteiger partial charge < -0.3 is 0 Å². The second-order valence-electron chi connectivity index (χ2n) is 3.47. The quantitative estimate of drug-likeness (QED) is 0.474. The van der Waals surface area contributed by atoms with E-state index in [9.17, 15) is 0 Å². The lowest BCUT2D eigenvalue weighted by atomic mass is 9.96. The second-order valence-corrected chi connectivity index (χ2v) is 3.65. The minimum Gasteiger partial charge on any atom is -0.285 e. The van der Waals surface area contributed by atoms with E-state index in [0.29, 0.717) is 0 Å². The van der Waals surface area contributed by atoms with E-state index in [1.165, 1.54) is 27.8 Å². The highest BCUT2D eigenvalue weighted by molar-refractivity contribution is 6.54. The molecular weight excluding hydrogens is 196 g/mol. The molecule has 1 aromatic rings. The third kappa shape index (κ3) is 3.15. The maximum absolute atomic E-state index is 8.57. The molecule has 0 N–H and O–H groups in total. The first kappa shape index (κ1) is 13.2. The van der Waals surface area contributed by atoms with Crippen LogP contribution in [0.15, 0.2) is 6.07 Å². The lowest BCUT2D eigenvalue weighted by molar-refractivity contribution is 0.569. The number of carbonyl (C=O) groups excluding carboxylic acids is 1. The van der Waals surface area contributed by atoms with Crippen molar-refractivity contribution in [2.45, 2.75) is 34.6 Å². The molecule has 0 spiro atoms. The van der Waals surface area contributed by atoms with E-state index in [1.807, 2.05) is 0 Å². The van der Waals surface area contributed by atoms with Gasteiger partial charge in [-0.3, -0.25) is 4.79 Å². The van der Waals surface area contributed by atoms with Gasteiger partial charge in [-0.2, -0.15) is 0 Å². The predicted molar refractivity (Wildman–Crippen MR) is 62.7 cm³/mol. The average molecular weight is 213 g/mol. The number of benzene rings is 1. The van der Waals surface area contributed by atoms with Crippen LogP contribution in [-0.4, -0.2) is 5.75 Å². The van der Waals surface area contributed by atoms with E-state index < -0.39 is 0 Å². The van der Waals surface area contributed by atoms with Crippen LogP contribution in [0.5, 0.6) is 0 Å². The summed E-state index contributed by atoms with van der Waals surface area (Å²) in [6.07, 6.45) is 0. The van der Waals surface area contributed by atoms with Crippen LogP contribution in [0.3, 0.4) is 0 Å². The van der Waals surface area contributed by atoms with Crippen molar-refractivity contribution in [2.24, 2.45) is 0 Å². The van der Waals surface area contributed by atoms with Gasteiger partial charge in [0.25, 0.3) is 0 Å². The Kier molecular flexibility index (Phi) is 5.47. The standard InChI is InChI=1S/C11H16.CHClO/c1-7-6-8(2)10(4)11(5)9(7)3;2-1-3/h6H,1-5H3;1H. The van der Waals surface area contributed by atoms with Gasteiger partial charge in [0.05, 0.1) is 0 Å². The van der Waals surface area contributed by atoms with Gasteiger partial charge in [-0.1, -0.05) is 6.07 Å². The zero-order chi connectivity index (χ0) is 11.3. The van der Waals surface area contributed by atoms with Crippen molar-refractivity contribution in [3.05, 3.63) is 33.9 Å². The zero-order valence-electron chi connectivity index (χ0n) is 9.44. The summed E-state index contributed by atoms with van der Waals surface area (Å²) in [5.74, 6) is 0.222. The molecule has 0 saturated heterocycles. The summed E-state index contributed by atoms with van der Waals surface area (Å²) in [6, 6.07) is 2.26. The lowest BCUT2D eigenvalue weighted by Crippen LogP contribution is -1.93. The Bertz CT molecular complexity index is 303. The monoisotopic (exact) mass is 212 g/mol. The highest BCUT2D eigenvalue weighted by Crippen LogP contribution is 2.19. The van der Waals surface area contributed by atoms with Crippen LogP contribution in [0.1, 0.15) is 27.8 Å². The molecule has 0 aliphatic heterocycles. The van der Waals surface area contributed by atoms with Gasteiger partial charge >= 0.3 is 0 Å². The minimum atomic E-state index is 0.222. The van der Waals surface area contributed by atoms with E-state index in [2.05, 4.69) is 52.3 Å². The molecule has 1 rings (SSSR count). The van der Waals surface area contributed by atoms with Crippen LogP contribution in [0.2, 0.25) is 0 Å². The average Bonchev–Trinajstić information content (AvgIpc) is 2.13. The number of aryl methyl sites for hydroxylation is 2. The maximum Gasteiger partial charge on any atom is 0.208 e. The second kappa shape index (κ2) is 5.82. The van der Waals surface area contributed by atoms with Gasteiger partial charge in [-0.05, 0) is 74.0 Å². The summed E-state index contributed by atoms with van der Waals surface area (Å²) in [5, 5.41) is 0. The number of halogens is 1. The fourth-order valence-electron chi connectivity index (χ4n) is 1.41. The highest BCUT2D eigenvalue weighted by Gasteiger charge is 2.02. The van der Waals surface area contributed by atoms with Gasteiger partial charge in [0, 0.05) is 0 Å². The van der Waals surface area contributed by atoms with Crippen molar-refractivity contribution in [1.29, 1.82) is 0 Å². The van der Waals surface area contributed by atoms with E-state index >= 15 is 0 Å². The van der Waals surface area contributed by atoms with E-state index in [1.54, 1.807) is 0 Å². The number of hydrogen-bond acceptors (Lipinski definition) is 1. The summed E-state index contributed by atoms with van der Waals surface area (Å²) in [4.78, 5) is 8.57. The maximum atomic E-state index is 8.57. The van der Waals surface area contributed by atoms with Crippen LogP contribution in [0.4, 0.5) is 0 Å². The molecular formula is C12H17ClO. The smallest absolute Gasteiger partial charge is 0.208 e. The van der Waals surface area contributed by atoms with Crippen LogP contribution >= 0.6 is 11.6 Å². The molecule has 0 heterocycles. The van der Waals surface area contributed by atoms with Gasteiger partial charge in [0.1, 0.15) is 0 Å². The molecule has 0 amide bonds. The first-order valence-electron chi connectivity index (χ1n) is 4.53. The van der Waals surface area contributed by atoms with Gasteiger partial charge in [0.2, 0.25) is 5.75 Å². The fraction of sp³-hybridized carbons (Fsp3) is 0.417. The Morgan fingerprint density at radius 1 is 0.929 bits per heavy atom. The van der Waals surface area contributed by atoms with Crippen LogP contribution in [-0.2, 0) is 4.79 Å². The summed E-state index contributed by atoms with van der Waals surface area (Å²) in [5.41, 5.74) is 7.14. The van der Waals surface area contributed by atoms with Crippen molar-refractivity contribution >= 4 is 17.3 Å². The van der Waals surface area contributed by atoms with Crippen molar-refractivity contribution < 1.29 is 4.79 Å². The molecule has 0 radical (unpaired) electrons. The van der Waals surface area contributed by atoms with Crippen LogP contribution < -0.4 is 0 Å². The first-order chi connectivity index (χ1) is 6.45. The van der Waals surface area contributed by atoms with Gasteiger partial charge in [-0.15, -0.1) is 0 Å². The van der Waals surface area contributed by atoms with E-state index in [-0.39, 0.29) is 5.75 Å². The Hall–Kier alpha value is -0.820. The highest BCUT2D eigenvalue weighted by atomic mass is 35.5. The largest absolute Gasteiger partial charge is 0.285 e. The molecule has 0 atom stereocenters. The zero-order valence-corrected chi connectivity index (χ0v) is 10.2. The normalized spacial score (nSPS) is 9.00. The first-order valence-corrected chi connectivity index (χ1v) is 4.97. The molecule has 0 unspecified atom stereocenters. The molecule has 14 heavy (non-hydrogen) atoms. The SMILES string of the molecule is Cc1cc(C)c(C)c(C)c1C.O=CCl. The number of rotatable bonds is 0. The fourth-order valence-corrected chi connectivity index (χ4v) is 1.41. The molecule has 0 saturated carbocycles. The van der Waals surface area contributed by atoms with Crippen molar-refractivity contribution in [1.82, 2.24) is 0 Å². The predicted octanol–water partition coefficient (Wildman–Crippen LogP) is 3.64. The van der Waals surface area contributed by atoms with Crippen LogP contribution in [0, 0.1) is 34.6 Å². The van der Waals surface area contributed by atoms with E-state index in [0.717, 1.165) is 0 Å². The third-order valence-corrected chi connectivity index (χ3v) is 2.74. The summed E-state index contributed by atoms with van der Waals surface area (Å²) in [7, 11) is 0. The van der Waals surface area contributed by atoms with Gasteiger partial charge in [-0.25, -0.2) is 0 Å². The topological polar surface area (TPSA) is 17.1 Å². The molecule has 1 nitrogen and oxygen atoms in total. The molecule has 78 valence electrons. The molecule has 0 aromatic heterocycles. The summed E-state index contributed by atoms with van der Waals surface area (Å²) >= 11 is 4.32. The minimum absolute atomic E-state index is 0.222. The molecule has 0 aliphatic rings. The third-order valence-electron chi connectivity index (χ3n) is 2.74. The van der Waals surface area contributed by atoms with Crippen molar-refractivity contribution in [3.63, 3.8) is 0 Å². The van der Waals surface area contributed by atoms with Gasteiger partial charge in [0.15, 0.2) is 0 Å². The van der Waals surface area contributed by atoms with E-state index in [4.69, 9.17) is 4.79 Å². The van der Waals surface area contributed by atoms with Crippen molar-refractivity contribution in [2.75, 3.05) is 0 Å². The molecule has 1 aromatic carbocycles. The summed E-state index contributed by atoms with van der Waals surface area (Å²) < 4.78 is 0. The Morgan fingerprint density at radius 3 is 1.50 bits per heavy atom. The Morgan fingerprint density at radius 2 is 1.21 bits per heavy atom. The molecule has 0 fully saturated rings.